The maximum Gasteiger partial charge on any atom is 0.341 e. The van der Waals surface area contributed by atoms with Gasteiger partial charge in [0.05, 0.1) is 0 Å². The Morgan fingerprint density at radius 1 is 1.06 bits per heavy atom. The molecule has 0 saturated heterocycles. The largest absolute Gasteiger partial charge is 0.477 e. The number of nitrogens with one attached hydrogen (secondary N) is 2. The molecule has 9 nitrogen and oxygen atoms in total. The topological polar surface area (TPSA) is 130 Å². The van der Waals surface area contributed by atoms with Crippen molar-refractivity contribution in [2.45, 2.75) is 39.2 Å². The second-order valence-corrected chi connectivity index (χ2v) is 7.64. The molecule has 2 heterocycles. The van der Waals surface area contributed by atoms with Crippen LogP contribution in [0.3, 0.4) is 0 Å². The van der Waals surface area contributed by atoms with Crippen molar-refractivity contribution in [1.29, 1.82) is 0 Å². The molecule has 0 radical (unpaired) electrons. The van der Waals surface area contributed by atoms with Crippen LogP contribution in [0.15, 0.2) is 54.7 Å². The first-order valence-electron chi connectivity index (χ1n) is 10.9. The highest BCUT2D eigenvalue weighted by atomic mass is 16.4. The molecule has 33 heavy (non-hydrogen) atoms. The lowest BCUT2D eigenvalue weighted by molar-refractivity contribution is 0.0697. The Morgan fingerprint density at radius 2 is 1.85 bits per heavy atom. The summed E-state index contributed by atoms with van der Waals surface area (Å²) >= 11 is 0. The average molecular weight is 444 g/mol. The summed E-state index contributed by atoms with van der Waals surface area (Å²) in [6.07, 6.45) is 5.30. The molecule has 0 fully saturated rings. The molecular formula is C24H25N7O2. The van der Waals surface area contributed by atoms with E-state index in [2.05, 4.69) is 42.8 Å². The summed E-state index contributed by atoms with van der Waals surface area (Å²) in [5.74, 6) is 0.488. The van der Waals surface area contributed by atoms with Crippen LogP contribution in [0, 0.1) is 0 Å². The Kier molecular flexibility index (Phi) is 6.99. The second kappa shape index (κ2) is 10.4. The predicted molar refractivity (Wildman–Crippen MR) is 125 cm³/mol. The molecule has 4 rings (SSSR count). The minimum atomic E-state index is -1.05. The molecule has 0 bridgehead atoms. The third kappa shape index (κ3) is 5.38. The molecule has 0 unspecified atom stereocenters. The second-order valence-electron chi connectivity index (χ2n) is 7.64. The monoisotopic (exact) mass is 443 g/mol. The van der Waals surface area contributed by atoms with E-state index in [1.165, 1.54) is 6.20 Å². The van der Waals surface area contributed by atoms with Crippen LogP contribution in [0.4, 0.5) is 5.82 Å². The van der Waals surface area contributed by atoms with Crippen molar-refractivity contribution >= 4 is 11.8 Å². The maximum atomic E-state index is 11.6. The quantitative estimate of drug-likeness (QED) is 0.308. The SMILES string of the molecule is CCCCCc1ncc(C(=O)O)c(NCc2ccc(-c3ccccc3-c3nn[nH]n3)cc2)n1. The number of hydrogen-bond donors (Lipinski definition) is 3. The van der Waals surface area contributed by atoms with E-state index in [1.807, 2.05) is 48.5 Å². The Hall–Kier alpha value is -4.14. The van der Waals surface area contributed by atoms with Crippen molar-refractivity contribution in [3.63, 3.8) is 0 Å². The van der Waals surface area contributed by atoms with Crippen molar-refractivity contribution < 1.29 is 9.90 Å². The van der Waals surface area contributed by atoms with Crippen LogP contribution in [-0.2, 0) is 13.0 Å². The third-order valence-electron chi connectivity index (χ3n) is 5.31. The number of aromatic carboxylic acids is 1. The number of carboxylic acid groups (broad SMARTS) is 1. The Balaban J connectivity index is 1.50. The number of H-pyrrole nitrogens is 1. The van der Waals surface area contributed by atoms with Crippen LogP contribution >= 0.6 is 0 Å². The molecule has 0 aliphatic rings. The average Bonchev–Trinajstić information content (AvgIpc) is 3.38. The zero-order chi connectivity index (χ0) is 23.0. The van der Waals surface area contributed by atoms with Gasteiger partial charge in [-0.2, -0.15) is 5.21 Å². The summed E-state index contributed by atoms with van der Waals surface area (Å²) in [6, 6.07) is 15.9. The molecule has 0 aliphatic heterocycles. The van der Waals surface area contributed by atoms with Gasteiger partial charge in [-0.05, 0) is 28.3 Å². The summed E-state index contributed by atoms with van der Waals surface area (Å²) in [5.41, 5.74) is 3.97. The molecule has 168 valence electrons. The van der Waals surface area contributed by atoms with Gasteiger partial charge in [0, 0.05) is 24.7 Å². The summed E-state index contributed by atoms with van der Waals surface area (Å²) in [5, 5.41) is 27.0. The number of hydrogen-bond acceptors (Lipinski definition) is 7. The zero-order valence-corrected chi connectivity index (χ0v) is 18.3. The van der Waals surface area contributed by atoms with Gasteiger partial charge in [0.25, 0.3) is 0 Å². The number of benzene rings is 2. The molecule has 2 aromatic heterocycles. The smallest absolute Gasteiger partial charge is 0.341 e. The highest BCUT2D eigenvalue weighted by Gasteiger charge is 2.14. The standard InChI is InChI=1S/C24H25N7O2/c1-2-3-4-9-21-25-15-20(24(32)33)22(27-21)26-14-16-10-12-17(13-11-16)18-7-5-6-8-19(18)23-28-30-31-29-23/h5-8,10-13,15H,2-4,9,14H2,1H3,(H,32,33)(H,25,26,27)(H,28,29,30,31). The van der Waals surface area contributed by atoms with E-state index in [-0.39, 0.29) is 5.56 Å². The van der Waals surface area contributed by atoms with E-state index in [4.69, 9.17) is 0 Å². The number of nitrogens with zero attached hydrogens (tertiary/aromatic N) is 5. The normalized spacial score (nSPS) is 10.8. The molecule has 4 aromatic rings. The predicted octanol–water partition coefficient (Wildman–Crippen LogP) is 4.37. The molecule has 0 aliphatic carbocycles. The number of carboxylic acids is 1. The van der Waals surface area contributed by atoms with Gasteiger partial charge in [-0.3, -0.25) is 0 Å². The Bertz CT molecular complexity index is 1210. The summed E-state index contributed by atoms with van der Waals surface area (Å²) < 4.78 is 0. The molecule has 0 amide bonds. The van der Waals surface area contributed by atoms with Gasteiger partial charge in [-0.25, -0.2) is 14.8 Å². The van der Waals surface area contributed by atoms with Gasteiger partial charge >= 0.3 is 5.97 Å². The Labute approximate surface area is 191 Å². The minimum absolute atomic E-state index is 0.0694. The first-order valence-corrected chi connectivity index (χ1v) is 10.9. The molecule has 2 aromatic carbocycles. The number of tetrazole rings is 1. The van der Waals surface area contributed by atoms with Crippen LogP contribution in [0.5, 0.6) is 0 Å². The zero-order valence-electron chi connectivity index (χ0n) is 18.3. The fraction of sp³-hybridized carbons (Fsp3) is 0.250. The van der Waals surface area contributed by atoms with Gasteiger partial charge < -0.3 is 10.4 Å². The van der Waals surface area contributed by atoms with Crippen molar-refractivity contribution in [1.82, 2.24) is 30.6 Å². The maximum absolute atomic E-state index is 11.6. The number of carbonyl (C=O) groups is 1. The number of rotatable bonds is 10. The van der Waals surface area contributed by atoms with Crippen molar-refractivity contribution in [3.05, 3.63) is 71.7 Å². The van der Waals surface area contributed by atoms with E-state index in [0.29, 0.717) is 24.0 Å². The highest BCUT2D eigenvalue weighted by Crippen LogP contribution is 2.29. The van der Waals surface area contributed by atoms with Crippen LogP contribution in [0.1, 0.15) is 47.9 Å². The fourth-order valence-corrected chi connectivity index (χ4v) is 3.56. The van der Waals surface area contributed by atoms with Crippen molar-refractivity contribution in [2.24, 2.45) is 0 Å². The lowest BCUT2D eigenvalue weighted by Gasteiger charge is -2.11. The molecule has 0 spiro atoms. The summed E-state index contributed by atoms with van der Waals surface area (Å²) in [7, 11) is 0. The number of aromatic nitrogens is 6. The summed E-state index contributed by atoms with van der Waals surface area (Å²) in [6.45, 7) is 2.58. The number of aromatic amines is 1. The highest BCUT2D eigenvalue weighted by molar-refractivity contribution is 5.92. The molecular weight excluding hydrogens is 418 g/mol. The molecule has 9 heteroatoms. The third-order valence-corrected chi connectivity index (χ3v) is 5.31. The van der Waals surface area contributed by atoms with Gasteiger partial charge in [-0.15, -0.1) is 10.2 Å². The Morgan fingerprint density at radius 3 is 2.55 bits per heavy atom. The number of unbranched alkanes of at least 4 members (excludes halogenated alkanes) is 2. The van der Waals surface area contributed by atoms with Crippen LogP contribution in [0.25, 0.3) is 22.5 Å². The van der Waals surface area contributed by atoms with Crippen LogP contribution in [-0.4, -0.2) is 41.7 Å². The number of anilines is 1. The van der Waals surface area contributed by atoms with E-state index in [0.717, 1.165) is 47.9 Å². The number of aryl methyl sites for hydroxylation is 1. The van der Waals surface area contributed by atoms with E-state index >= 15 is 0 Å². The molecule has 0 atom stereocenters. The first-order chi connectivity index (χ1) is 16.2. The van der Waals surface area contributed by atoms with Crippen LogP contribution < -0.4 is 5.32 Å². The molecule has 0 saturated carbocycles. The minimum Gasteiger partial charge on any atom is -0.477 e. The van der Waals surface area contributed by atoms with Gasteiger partial charge in [0.2, 0.25) is 5.82 Å². The van der Waals surface area contributed by atoms with Crippen molar-refractivity contribution in [3.8, 4) is 22.5 Å². The van der Waals surface area contributed by atoms with Gasteiger partial charge in [-0.1, -0.05) is 68.3 Å². The summed E-state index contributed by atoms with van der Waals surface area (Å²) in [4.78, 5) is 20.3. The van der Waals surface area contributed by atoms with Gasteiger partial charge in [0.15, 0.2) is 0 Å². The van der Waals surface area contributed by atoms with E-state index < -0.39 is 5.97 Å². The van der Waals surface area contributed by atoms with Crippen LogP contribution in [0.2, 0.25) is 0 Å². The molecule has 3 N–H and O–H groups in total. The van der Waals surface area contributed by atoms with E-state index in [1.54, 1.807) is 0 Å². The lowest BCUT2D eigenvalue weighted by atomic mass is 9.98. The lowest BCUT2D eigenvalue weighted by Crippen LogP contribution is -2.11. The van der Waals surface area contributed by atoms with Gasteiger partial charge in [0.1, 0.15) is 17.2 Å². The van der Waals surface area contributed by atoms with Crippen molar-refractivity contribution in [2.75, 3.05) is 5.32 Å². The van der Waals surface area contributed by atoms with E-state index in [9.17, 15) is 9.90 Å². The fourth-order valence-electron chi connectivity index (χ4n) is 3.56. The first kappa shape index (κ1) is 22.1.